The third kappa shape index (κ3) is 4.19. The van der Waals surface area contributed by atoms with Gasteiger partial charge in [0.1, 0.15) is 23.0 Å². The second kappa shape index (κ2) is 8.36. The summed E-state index contributed by atoms with van der Waals surface area (Å²) in [6.07, 6.45) is 0. The minimum absolute atomic E-state index is 0.683. The van der Waals surface area contributed by atoms with Crippen molar-refractivity contribution in [3.05, 3.63) is 83.9 Å². The van der Waals surface area contributed by atoms with Gasteiger partial charge in [0.05, 0.1) is 0 Å². The van der Waals surface area contributed by atoms with Crippen LogP contribution in [0.15, 0.2) is 72.8 Å². The lowest BCUT2D eigenvalue weighted by atomic mass is 10.1. The molecule has 0 saturated heterocycles. The number of alkyl halides is 2. The van der Waals surface area contributed by atoms with Crippen LogP contribution in [0.3, 0.4) is 0 Å². The van der Waals surface area contributed by atoms with Crippen LogP contribution in [-0.4, -0.2) is 0 Å². The van der Waals surface area contributed by atoms with E-state index >= 15 is 0 Å². The Morgan fingerprint density at radius 3 is 1.29 bits per heavy atom. The molecule has 0 atom stereocenters. The highest BCUT2D eigenvalue weighted by atomic mass is 79.9. The van der Waals surface area contributed by atoms with Crippen molar-refractivity contribution in [2.45, 2.75) is 10.7 Å². The van der Waals surface area contributed by atoms with Crippen LogP contribution in [-0.2, 0) is 10.7 Å². The van der Waals surface area contributed by atoms with E-state index in [4.69, 9.17) is 9.47 Å². The van der Waals surface area contributed by atoms with Crippen molar-refractivity contribution in [3.8, 4) is 23.0 Å². The van der Waals surface area contributed by atoms with Crippen molar-refractivity contribution >= 4 is 31.9 Å². The van der Waals surface area contributed by atoms with Crippen LogP contribution in [0.5, 0.6) is 23.0 Å². The van der Waals surface area contributed by atoms with Gasteiger partial charge in [-0.25, -0.2) is 0 Å². The number of halogens is 2. The molecule has 0 radical (unpaired) electrons. The maximum absolute atomic E-state index is 6.04. The fourth-order valence-electron chi connectivity index (χ4n) is 2.27. The minimum Gasteiger partial charge on any atom is -0.457 e. The third-order valence-electron chi connectivity index (χ3n) is 3.47. The summed E-state index contributed by atoms with van der Waals surface area (Å²) in [5.41, 5.74) is 2.07. The van der Waals surface area contributed by atoms with Crippen molar-refractivity contribution in [1.82, 2.24) is 0 Å². The monoisotopic (exact) mass is 446 g/mol. The quantitative estimate of drug-likeness (QED) is 0.376. The average Bonchev–Trinajstić information content (AvgIpc) is 2.64. The van der Waals surface area contributed by atoms with E-state index in [1.807, 2.05) is 72.8 Å². The van der Waals surface area contributed by atoms with Gasteiger partial charge < -0.3 is 9.47 Å². The lowest BCUT2D eigenvalue weighted by Gasteiger charge is -2.15. The molecule has 2 nitrogen and oxygen atoms in total. The molecule has 24 heavy (non-hydrogen) atoms. The number of hydrogen-bond acceptors (Lipinski definition) is 2. The minimum atomic E-state index is 0.683. The molecule has 3 rings (SSSR count). The van der Waals surface area contributed by atoms with Gasteiger partial charge in [0, 0.05) is 21.8 Å². The van der Waals surface area contributed by atoms with Crippen molar-refractivity contribution in [2.24, 2.45) is 0 Å². The number of para-hydroxylation sites is 2. The molecule has 0 spiro atoms. The summed E-state index contributed by atoms with van der Waals surface area (Å²) in [6, 6.07) is 23.6. The molecular weight excluding hydrogens is 432 g/mol. The highest BCUT2D eigenvalue weighted by Gasteiger charge is 2.12. The maximum atomic E-state index is 6.04. The van der Waals surface area contributed by atoms with Gasteiger partial charge >= 0.3 is 0 Å². The molecule has 0 heterocycles. The Bertz CT molecular complexity index is 720. The number of rotatable bonds is 6. The zero-order valence-electron chi connectivity index (χ0n) is 12.9. The number of ether oxygens (including phenoxy) is 2. The second-order valence-electron chi connectivity index (χ2n) is 5.17. The predicted molar refractivity (Wildman–Crippen MR) is 105 cm³/mol. The molecular formula is C20H16Br2O2. The second-order valence-corrected chi connectivity index (χ2v) is 6.29. The van der Waals surface area contributed by atoms with Gasteiger partial charge in [-0.2, -0.15) is 0 Å². The van der Waals surface area contributed by atoms with E-state index in [0.717, 1.165) is 34.1 Å². The Morgan fingerprint density at radius 1 is 0.583 bits per heavy atom. The van der Waals surface area contributed by atoms with Crippen molar-refractivity contribution in [2.75, 3.05) is 0 Å². The van der Waals surface area contributed by atoms with Crippen LogP contribution in [0.25, 0.3) is 0 Å². The molecule has 0 aliphatic rings. The normalized spacial score (nSPS) is 10.4. The van der Waals surface area contributed by atoms with Gasteiger partial charge in [0.2, 0.25) is 0 Å². The summed E-state index contributed by atoms with van der Waals surface area (Å²) in [5, 5.41) is 1.37. The van der Waals surface area contributed by atoms with Gasteiger partial charge in [-0.3, -0.25) is 0 Å². The highest BCUT2D eigenvalue weighted by molar-refractivity contribution is 9.08. The molecule has 4 heteroatoms. The summed E-state index contributed by atoms with van der Waals surface area (Å²) in [5.74, 6) is 3.29. The van der Waals surface area contributed by atoms with Crippen LogP contribution in [0.2, 0.25) is 0 Å². The fourth-order valence-corrected chi connectivity index (χ4v) is 3.15. The predicted octanol–water partition coefficient (Wildman–Crippen LogP) is 7.06. The van der Waals surface area contributed by atoms with E-state index in [1.165, 1.54) is 0 Å². The smallest absolute Gasteiger partial charge is 0.132 e. The first-order valence-corrected chi connectivity index (χ1v) is 9.78. The van der Waals surface area contributed by atoms with E-state index < -0.39 is 0 Å². The van der Waals surface area contributed by atoms with Crippen LogP contribution in [0.1, 0.15) is 11.1 Å². The van der Waals surface area contributed by atoms with E-state index in [-0.39, 0.29) is 0 Å². The number of hydrogen-bond donors (Lipinski definition) is 0. The summed E-state index contributed by atoms with van der Waals surface area (Å²) in [7, 11) is 0. The van der Waals surface area contributed by atoms with E-state index in [2.05, 4.69) is 31.9 Å². The van der Waals surface area contributed by atoms with Gasteiger partial charge in [-0.1, -0.05) is 68.3 Å². The summed E-state index contributed by atoms with van der Waals surface area (Å²) < 4.78 is 12.1. The van der Waals surface area contributed by atoms with Crippen LogP contribution in [0.4, 0.5) is 0 Å². The molecule has 3 aromatic rings. The highest BCUT2D eigenvalue weighted by Crippen LogP contribution is 2.36. The first-order valence-electron chi connectivity index (χ1n) is 7.53. The van der Waals surface area contributed by atoms with Gasteiger partial charge in [0.25, 0.3) is 0 Å². The molecule has 0 unspecified atom stereocenters. The molecule has 0 amide bonds. The van der Waals surface area contributed by atoms with Gasteiger partial charge in [-0.15, -0.1) is 0 Å². The Labute approximate surface area is 158 Å². The molecule has 0 N–H and O–H groups in total. The molecule has 0 bridgehead atoms. The Balaban J connectivity index is 1.94. The molecule has 0 aromatic heterocycles. The molecule has 0 aliphatic carbocycles. The fraction of sp³-hybridized carbons (Fsp3) is 0.100. The van der Waals surface area contributed by atoms with Crippen LogP contribution >= 0.6 is 31.9 Å². The Hall–Kier alpha value is -1.78. The third-order valence-corrected chi connectivity index (χ3v) is 4.68. The first kappa shape index (κ1) is 17.1. The molecule has 3 aromatic carbocycles. The van der Waals surface area contributed by atoms with Crippen molar-refractivity contribution in [1.29, 1.82) is 0 Å². The van der Waals surface area contributed by atoms with E-state index in [1.54, 1.807) is 0 Å². The van der Waals surface area contributed by atoms with Crippen molar-refractivity contribution in [3.63, 3.8) is 0 Å². The summed E-state index contributed by atoms with van der Waals surface area (Å²) in [6.45, 7) is 0. The zero-order chi connectivity index (χ0) is 16.8. The van der Waals surface area contributed by atoms with E-state index in [0.29, 0.717) is 10.7 Å². The summed E-state index contributed by atoms with van der Waals surface area (Å²) in [4.78, 5) is 0. The van der Waals surface area contributed by atoms with Gasteiger partial charge in [0.15, 0.2) is 0 Å². The standard InChI is InChI=1S/C20H16Br2O2/c21-13-15-12-20(24-18-9-5-2-6-10-18)16(14-22)11-19(15)23-17-7-3-1-4-8-17/h1-12H,13-14H2. The average molecular weight is 448 g/mol. The maximum Gasteiger partial charge on any atom is 0.132 e. The molecule has 0 fully saturated rings. The number of benzene rings is 3. The lowest BCUT2D eigenvalue weighted by Crippen LogP contribution is -1.96. The largest absolute Gasteiger partial charge is 0.457 e. The first-order chi connectivity index (χ1) is 11.8. The van der Waals surface area contributed by atoms with E-state index in [9.17, 15) is 0 Å². The molecule has 122 valence electrons. The molecule has 0 saturated carbocycles. The topological polar surface area (TPSA) is 18.5 Å². The SMILES string of the molecule is BrCc1cc(Oc2ccccc2)c(CBr)cc1Oc1ccccc1. The molecule has 0 aliphatic heterocycles. The van der Waals surface area contributed by atoms with Crippen LogP contribution < -0.4 is 9.47 Å². The Morgan fingerprint density at radius 2 is 0.958 bits per heavy atom. The van der Waals surface area contributed by atoms with Crippen LogP contribution in [0, 0.1) is 0 Å². The lowest BCUT2D eigenvalue weighted by molar-refractivity contribution is 0.462. The zero-order valence-corrected chi connectivity index (χ0v) is 16.1. The van der Waals surface area contributed by atoms with Gasteiger partial charge in [-0.05, 0) is 36.4 Å². The van der Waals surface area contributed by atoms with Crippen molar-refractivity contribution < 1.29 is 9.47 Å². The summed E-state index contributed by atoms with van der Waals surface area (Å²) >= 11 is 7.08. The Kier molecular flexibility index (Phi) is 5.94.